The molecule has 0 aromatic carbocycles. The molecule has 1 unspecified atom stereocenters. The van der Waals surface area contributed by atoms with Gasteiger partial charge in [0.1, 0.15) is 0 Å². The molecule has 12 heavy (non-hydrogen) atoms. The van der Waals surface area contributed by atoms with Crippen molar-refractivity contribution in [1.82, 2.24) is 0 Å². The molecular formula is C11H20O. The van der Waals surface area contributed by atoms with Crippen molar-refractivity contribution in [3.8, 4) is 0 Å². The van der Waals surface area contributed by atoms with Crippen LogP contribution in [0.5, 0.6) is 0 Å². The average Bonchev–Trinajstić information content (AvgIpc) is 2.06. The highest BCUT2D eigenvalue weighted by Gasteiger charge is 2.42. The van der Waals surface area contributed by atoms with E-state index in [9.17, 15) is 5.11 Å². The predicted octanol–water partition coefficient (Wildman–Crippen LogP) is 2.75. The Bertz CT molecular complexity index is 206. The van der Waals surface area contributed by atoms with Gasteiger partial charge in [-0.25, -0.2) is 0 Å². The molecule has 1 heteroatoms. The van der Waals surface area contributed by atoms with Gasteiger partial charge in [0, 0.05) is 0 Å². The summed E-state index contributed by atoms with van der Waals surface area (Å²) in [5.74, 6) is 0.366. The van der Waals surface area contributed by atoms with Gasteiger partial charge in [-0.2, -0.15) is 0 Å². The van der Waals surface area contributed by atoms with Crippen LogP contribution in [0.15, 0.2) is 11.6 Å². The van der Waals surface area contributed by atoms with Gasteiger partial charge in [0.05, 0.1) is 5.60 Å². The first kappa shape index (κ1) is 9.79. The summed E-state index contributed by atoms with van der Waals surface area (Å²) in [5, 5.41) is 9.94. The maximum atomic E-state index is 9.94. The Morgan fingerprint density at radius 1 is 1.50 bits per heavy atom. The van der Waals surface area contributed by atoms with E-state index in [2.05, 4.69) is 26.8 Å². The lowest BCUT2D eigenvalue weighted by atomic mass is 9.70. The zero-order chi connectivity index (χ0) is 9.57. The van der Waals surface area contributed by atoms with Gasteiger partial charge in [0.2, 0.25) is 0 Å². The van der Waals surface area contributed by atoms with Crippen molar-refractivity contribution in [3.05, 3.63) is 11.6 Å². The maximum Gasteiger partial charge on any atom is 0.0630 e. The molecule has 1 rings (SSSR count). The molecule has 0 saturated heterocycles. The van der Waals surface area contributed by atoms with Crippen LogP contribution in [0.25, 0.3) is 0 Å². The fraction of sp³-hybridized carbons (Fsp3) is 0.818. The van der Waals surface area contributed by atoms with Crippen LogP contribution in [-0.2, 0) is 0 Å². The molecule has 0 aromatic rings. The third kappa shape index (κ3) is 1.42. The van der Waals surface area contributed by atoms with Crippen molar-refractivity contribution < 1.29 is 5.11 Å². The summed E-state index contributed by atoms with van der Waals surface area (Å²) in [7, 11) is 0. The lowest BCUT2D eigenvalue weighted by Gasteiger charge is -2.38. The monoisotopic (exact) mass is 168 g/mol. The Labute approximate surface area is 75.5 Å². The lowest BCUT2D eigenvalue weighted by molar-refractivity contribution is -0.0185. The topological polar surface area (TPSA) is 20.2 Å². The molecule has 70 valence electrons. The van der Waals surface area contributed by atoms with Crippen molar-refractivity contribution in [1.29, 1.82) is 0 Å². The zero-order valence-corrected chi connectivity index (χ0v) is 8.81. The first-order valence-corrected chi connectivity index (χ1v) is 4.66. The normalized spacial score (nSPS) is 28.8. The van der Waals surface area contributed by atoms with Gasteiger partial charge in [0.25, 0.3) is 0 Å². The summed E-state index contributed by atoms with van der Waals surface area (Å²) in [4.78, 5) is 0. The van der Waals surface area contributed by atoms with E-state index in [0.29, 0.717) is 5.92 Å². The molecule has 0 radical (unpaired) electrons. The fourth-order valence-electron chi connectivity index (χ4n) is 2.30. The Kier molecular flexibility index (Phi) is 2.12. The largest absolute Gasteiger partial charge is 0.390 e. The summed E-state index contributed by atoms with van der Waals surface area (Å²) >= 11 is 0. The highest BCUT2D eigenvalue weighted by molar-refractivity contribution is 5.20. The van der Waals surface area contributed by atoms with Gasteiger partial charge in [-0.15, -0.1) is 0 Å². The average molecular weight is 168 g/mol. The molecule has 0 aliphatic heterocycles. The molecule has 0 heterocycles. The SMILES string of the molecule is CC1=CCC(C(C)(C)O)C1(C)C. The van der Waals surface area contributed by atoms with Crippen LogP contribution in [0, 0.1) is 11.3 Å². The summed E-state index contributed by atoms with van der Waals surface area (Å²) in [6, 6.07) is 0. The second-order valence-electron chi connectivity index (χ2n) is 5.05. The standard InChI is InChI=1S/C11H20O/c1-8-6-7-9(10(8,2)3)11(4,5)12/h6,9,12H,7H2,1-5H3. The van der Waals surface area contributed by atoms with E-state index in [1.807, 2.05) is 13.8 Å². The Hall–Kier alpha value is -0.300. The number of rotatable bonds is 1. The van der Waals surface area contributed by atoms with Gasteiger partial charge in [-0.05, 0) is 38.5 Å². The van der Waals surface area contributed by atoms with Crippen LogP contribution < -0.4 is 0 Å². The molecular weight excluding hydrogens is 148 g/mol. The molecule has 0 fully saturated rings. The first-order chi connectivity index (χ1) is 5.26. The fourth-order valence-corrected chi connectivity index (χ4v) is 2.30. The highest BCUT2D eigenvalue weighted by Crippen LogP contribution is 2.47. The highest BCUT2D eigenvalue weighted by atomic mass is 16.3. The molecule has 1 aliphatic rings. The summed E-state index contributed by atoms with van der Waals surface area (Å²) < 4.78 is 0. The third-order valence-electron chi connectivity index (χ3n) is 3.40. The second kappa shape index (κ2) is 2.59. The summed E-state index contributed by atoms with van der Waals surface area (Å²) in [6.07, 6.45) is 3.27. The van der Waals surface area contributed by atoms with Crippen molar-refractivity contribution in [2.24, 2.45) is 11.3 Å². The quantitative estimate of drug-likeness (QED) is 0.597. The number of hydrogen-bond donors (Lipinski definition) is 1. The lowest BCUT2D eigenvalue weighted by Crippen LogP contribution is -2.38. The van der Waals surface area contributed by atoms with E-state index < -0.39 is 5.60 Å². The molecule has 0 amide bonds. The van der Waals surface area contributed by atoms with Gasteiger partial charge < -0.3 is 5.11 Å². The minimum absolute atomic E-state index is 0.165. The van der Waals surface area contributed by atoms with E-state index in [1.165, 1.54) is 5.57 Å². The Balaban J connectivity index is 2.88. The Morgan fingerprint density at radius 2 is 2.00 bits per heavy atom. The Morgan fingerprint density at radius 3 is 2.17 bits per heavy atom. The minimum Gasteiger partial charge on any atom is -0.390 e. The van der Waals surface area contributed by atoms with E-state index in [1.54, 1.807) is 0 Å². The number of aliphatic hydroxyl groups is 1. The van der Waals surface area contributed by atoms with Gasteiger partial charge in [0.15, 0.2) is 0 Å². The van der Waals surface area contributed by atoms with E-state index >= 15 is 0 Å². The zero-order valence-electron chi connectivity index (χ0n) is 8.81. The van der Waals surface area contributed by atoms with Crippen molar-refractivity contribution in [2.75, 3.05) is 0 Å². The molecule has 0 bridgehead atoms. The predicted molar refractivity (Wildman–Crippen MR) is 51.9 cm³/mol. The van der Waals surface area contributed by atoms with Crippen LogP contribution in [0.4, 0.5) is 0 Å². The molecule has 0 aromatic heterocycles. The van der Waals surface area contributed by atoms with Crippen LogP contribution in [0.2, 0.25) is 0 Å². The van der Waals surface area contributed by atoms with E-state index in [-0.39, 0.29) is 5.41 Å². The molecule has 0 saturated carbocycles. The smallest absolute Gasteiger partial charge is 0.0630 e. The van der Waals surface area contributed by atoms with Crippen LogP contribution in [0.3, 0.4) is 0 Å². The molecule has 1 atom stereocenters. The number of hydrogen-bond acceptors (Lipinski definition) is 1. The molecule has 1 nitrogen and oxygen atoms in total. The molecule has 1 N–H and O–H groups in total. The molecule has 1 aliphatic carbocycles. The second-order valence-corrected chi connectivity index (χ2v) is 5.05. The first-order valence-electron chi connectivity index (χ1n) is 4.66. The van der Waals surface area contributed by atoms with Crippen molar-refractivity contribution >= 4 is 0 Å². The van der Waals surface area contributed by atoms with Crippen LogP contribution in [-0.4, -0.2) is 10.7 Å². The molecule has 0 spiro atoms. The van der Waals surface area contributed by atoms with E-state index in [0.717, 1.165) is 6.42 Å². The maximum absolute atomic E-state index is 9.94. The van der Waals surface area contributed by atoms with Gasteiger partial charge in [-0.1, -0.05) is 25.5 Å². The minimum atomic E-state index is -0.558. The van der Waals surface area contributed by atoms with Crippen molar-refractivity contribution in [3.63, 3.8) is 0 Å². The summed E-state index contributed by atoms with van der Waals surface area (Å²) in [6.45, 7) is 10.4. The van der Waals surface area contributed by atoms with Gasteiger partial charge >= 0.3 is 0 Å². The van der Waals surface area contributed by atoms with Gasteiger partial charge in [-0.3, -0.25) is 0 Å². The number of allylic oxidation sites excluding steroid dienone is 2. The van der Waals surface area contributed by atoms with Crippen molar-refractivity contribution in [2.45, 2.75) is 46.6 Å². The van der Waals surface area contributed by atoms with Crippen LogP contribution >= 0.6 is 0 Å². The van der Waals surface area contributed by atoms with Crippen LogP contribution in [0.1, 0.15) is 41.0 Å². The third-order valence-corrected chi connectivity index (χ3v) is 3.40. The summed E-state index contributed by atoms with van der Waals surface area (Å²) in [5.41, 5.74) is 1.02. The van der Waals surface area contributed by atoms with E-state index in [4.69, 9.17) is 0 Å².